The van der Waals surface area contributed by atoms with Crippen molar-refractivity contribution < 1.29 is 19.2 Å². The maximum Gasteiger partial charge on any atom is 0.259 e. The standard InChI is InChI=1S/C20H28N2O2.C16H20BrNO2/c23-19-17-12-9-11-16(18(17)20(24)21-19)10-5-3-1-2-4-6-13-22-14-7-8-15-22;17-11-6-4-2-1-3-5-8-12-9-7-10-13-14(12)16(20)18-15(13)19/h9,11-12H,1-8,10,13-15H2,(H,21,23,24);7,9-10H,1-6,8,11H2,(H,18,19,20). The minimum Gasteiger partial charge on any atom is -0.303 e. The van der Waals surface area contributed by atoms with Crippen LogP contribution in [0, 0.1) is 0 Å². The fraction of sp³-hybridized carbons (Fsp3) is 0.556. The minimum absolute atomic E-state index is 0.229. The molecule has 3 heterocycles. The van der Waals surface area contributed by atoms with E-state index in [1.54, 1.807) is 12.1 Å². The molecule has 1 fully saturated rings. The molecule has 3 aliphatic rings. The maximum atomic E-state index is 11.9. The molecule has 2 aromatic rings. The quantitative estimate of drug-likeness (QED) is 0.104. The molecule has 0 atom stereocenters. The van der Waals surface area contributed by atoms with E-state index in [4.69, 9.17) is 0 Å². The van der Waals surface area contributed by atoms with Crippen LogP contribution in [0.25, 0.3) is 0 Å². The summed E-state index contributed by atoms with van der Waals surface area (Å²) in [6.45, 7) is 3.88. The van der Waals surface area contributed by atoms with Gasteiger partial charge in [0, 0.05) is 5.33 Å². The van der Waals surface area contributed by atoms with Crippen molar-refractivity contribution in [2.45, 2.75) is 103 Å². The van der Waals surface area contributed by atoms with E-state index in [0.717, 1.165) is 42.1 Å². The number of benzene rings is 2. The Balaban J connectivity index is 0.000000204. The van der Waals surface area contributed by atoms with Gasteiger partial charge in [0.2, 0.25) is 0 Å². The Morgan fingerprint density at radius 1 is 0.545 bits per heavy atom. The van der Waals surface area contributed by atoms with Crippen molar-refractivity contribution in [3.63, 3.8) is 0 Å². The first-order valence-electron chi connectivity index (χ1n) is 16.7. The van der Waals surface area contributed by atoms with Crippen molar-refractivity contribution in [1.82, 2.24) is 15.5 Å². The van der Waals surface area contributed by atoms with Gasteiger partial charge in [-0.15, -0.1) is 0 Å². The van der Waals surface area contributed by atoms with Crippen LogP contribution in [0.2, 0.25) is 0 Å². The van der Waals surface area contributed by atoms with E-state index in [-0.39, 0.29) is 23.6 Å². The highest BCUT2D eigenvalue weighted by molar-refractivity contribution is 9.09. The largest absolute Gasteiger partial charge is 0.303 e. The molecule has 8 heteroatoms. The normalized spacial score (nSPS) is 15.6. The van der Waals surface area contributed by atoms with Gasteiger partial charge in [-0.05, 0) is 94.3 Å². The fourth-order valence-electron chi connectivity index (χ4n) is 6.48. The number of amides is 4. The summed E-state index contributed by atoms with van der Waals surface area (Å²) >= 11 is 3.44. The van der Waals surface area contributed by atoms with Crippen LogP contribution in [0.4, 0.5) is 0 Å². The van der Waals surface area contributed by atoms with E-state index < -0.39 is 0 Å². The van der Waals surface area contributed by atoms with Gasteiger partial charge < -0.3 is 4.90 Å². The molecule has 7 nitrogen and oxygen atoms in total. The van der Waals surface area contributed by atoms with Crippen molar-refractivity contribution in [2.75, 3.05) is 25.0 Å². The third kappa shape index (κ3) is 9.83. The Morgan fingerprint density at radius 3 is 1.45 bits per heavy atom. The first-order valence-corrected chi connectivity index (χ1v) is 17.8. The van der Waals surface area contributed by atoms with Crippen molar-refractivity contribution in [3.05, 3.63) is 69.8 Å². The van der Waals surface area contributed by atoms with E-state index >= 15 is 0 Å². The number of alkyl halides is 1. The number of fused-ring (bicyclic) bond motifs is 2. The zero-order valence-electron chi connectivity index (χ0n) is 26.1. The molecular formula is C36H48BrN3O4. The minimum atomic E-state index is -0.262. The molecule has 1 saturated heterocycles. The van der Waals surface area contributed by atoms with Crippen molar-refractivity contribution in [3.8, 4) is 0 Å². The molecule has 2 N–H and O–H groups in total. The van der Waals surface area contributed by atoms with E-state index in [1.807, 2.05) is 24.3 Å². The van der Waals surface area contributed by atoms with Crippen LogP contribution in [-0.4, -0.2) is 53.5 Å². The molecule has 0 aromatic heterocycles. The molecular weight excluding hydrogens is 618 g/mol. The molecule has 0 bridgehead atoms. The number of halogens is 1. The number of carbonyl (C=O) groups is 4. The summed E-state index contributed by atoms with van der Waals surface area (Å²) in [7, 11) is 0. The summed E-state index contributed by atoms with van der Waals surface area (Å²) in [5.74, 6) is -0.984. The molecule has 5 rings (SSSR count). The second kappa shape index (κ2) is 18.2. The number of rotatable bonds is 17. The van der Waals surface area contributed by atoms with Crippen LogP contribution in [0.5, 0.6) is 0 Å². The molecule has 0 unspecified atom stereocenters. The molecule has 238 valence electrons. The Morgan fingerprint density at radius 2 is 0.977 bits per heavy atom. The number of hydrogen-bond donors (Lipinski definition) is 2. The van der Waals surface area contributed by atoms with Crippen molar-refractivity contribution in [2.24, 2.45) is 0 Å². The van der Waals surface area contributed by atoms with Crippen LogP contribution >= 0.6 is 15.9 Å². The molecule has 44 heavy (non-hydrogen) atoms. The Bertz CT molecular complexity index is 1290. The second-order valence-corrected chi connectivity index (χ2v) is 13.0. The summed E-state index contributed by atoms with van der Waals surface area (Å²) in [4.78, 5) is 49.5. The highest BCUT2D eigenvalue weighted by atomic mass is 79.9. The van der Waals surface area contributed by atoms with Gasteiger partial charge in [0.25, 0.3) is 23.6 Å². The summed E-state index contributed by atoms with van der Waals surface area (Å²) in [5, 5.41) is 5.84. The predicted octanol–water partition coefficient (Wildman–Crippen LogP) is 7.40. The number of nitrogens with zero attached hydrogens (tertiary/aromatic N) is 1. The summed E-state index contributed by atoms with van der Waals surface area (Å²) in [6, 6.07) is 11.1. The van der Waals surface area contributed by atoms with Crippen LogP contribution < -0.4 is 10.6 Å². The van der Waals surface area contributed by atoms with Gasteiger partial charge >= 0.3 is 0 Å². The second-order valence-electron chi connectivity index (χ2n) is 12.2. The molecule has 0 spiro atoms. The van der Waals surface area contributed by atoms with Crippen molar-refractivity contribution >= 4 is 39.6 Å². The fourth-order valence-corrected chi connectivity index (χ4v) is 6.88. The Kier molecular flexibility index (Phi) is 14.1. The molecule has 0 radical (unpaired) electrons. The third-order valence-corrected chi connectivity index (χ3v) is 9.46. The summed E-state index contributed by atoms with van der Waals surface area (Å²) in [5.41, 5.74) is 4.30. The van der Waals surface area contributed by atoms with Gasteiger partial charge in [0.1, 0.15) is 0 Å². The lowest BCUT2D eigenvalue weighted by Gasteiger charge is -2.13. The number of likely N-dealkylation sites (tertiary alicyclic amines) is 1. The summed E-state index contributed by atoms with van der Waals surface area (Å²) in [6.07, 6.45) is 19.3. The zero-order valence-corrected chi connectivity index (χ0v) is 27.7. The lowest BCUT2D eigenvalue weighted by atomic mass is 9.97. The smallest absolute Gasteiger partial charge is 0.259 e. The number of nitrogens with one attached hydrogen (secondary N) is 2. The molecule has 2 aromatic carbocycles. The molecule has 0 saturated carbocycles. The average molecular weight is 667 g/mol. The summed E-state index contributed by atoms with van der Waals surface area (Å²) < 4.78 is 0. The average Bonchev–Trinajstić information content (AvgIpc) is 3.73. The van der Waals surface area contributed by atoms with Gasteiger partial charge in [-0.1, -0.05) is 91.6 Å². The van der Waals surface area contributed by atoms with Crippen molar-refractivity contribution in [1.29, 1.82) is 0 Å². The van der Waals surface area contributed by atoms with Gasteiger partial charge in [0.05, 0.1) is 22.3 Å². The van der Waals surface area contributed by atoms with E-state index in [0.29, 0.717) is 22.3 Å². The van der Waals surface area contributed by atoms with Crippen LogP contribution in [0.1, 0.15) is 142 Å². The lowest BCUT2D eigenvalue weighted by Crippen LogP contribution is -2.20. The van der Waals surface area contributed by atoms with Gasteiger partial charge in [-0.25, -0.2) is 0 Å². The van der Waals surface area contributed by atoms with Crippen LogP contribution in [0.3, 0.4) is 0 Å². The molecule has 0 aliphatic carbocycles. The lowest BCUT2D eigenvalue weighted by molar-refractivity contribution is 0.0862. The van der Waals surface area contributed by atoms with Gasteiger partial charge in [-0.3, -0.25) is 29.8 Å². The van der Waals surface area contributed by atoms with E-state index in [1.165, 1.54) is 96.7 Å². The number of carbonyl (C=O) groups excluding carboxylic acids is 4. The zero-order chi connectivity index (χ0) is 31.1. The topological polar surface area (TPSA) is 95.6 Å². The van der Waals surface area contributed by atoms with Crippen LogP contribution in [0.15, 0.2) is 36.4 Å². The third-order valence-electron chi connectivity index (χ3n) is 8.90. The highest BCUT2D eigenvalue weighted by Crippen LogP contribution is 2.23. The van der Waals surface area contributed by atoms with Gasteiger partial charge in [-0.2, -0.15) is 0 Å². The maximum absolute atomic E-state index is 11.9. The van der Waals surface area contributed by atoms with Gasteiger partial charge in [0.15, 0.2) is 0 Å². The van der Waals surface area contributed by atoms with Crippen LogP contribution in [-0.2, 0) is 12.8 Å². The molecule has 3 aliphatic heterocycles. The van der Waals surface area contributed by atoms with E-state index in [9.17, 15) is 19.2 Å². The highest BCUT2D eigenvalue weighted by Gasteiger charge is 2.29. The number of unbranched alkanes of at least 4 members (excludes halogenated alkanes) is 10. The number of hydrogen-bond acceptors (Lipinski definition) is 5. The van der Waals surface area contributed by atoms with E-state index in [2.05, 4.69) is 31.5 Å². The SMILES string of the molecule is O=C1NC(=O)c2c(CCCCCCCCBr)cccc21.O=C1NC(=O)c2c(CCCCCCCCN3CCCC3)cccc21. The predicted molar refractivity (Wildman–Crippen MR) is 179 cm³/mol. The first kappa shape index (κ1) is 34.0. The molecule has 4 amide bonds. The Labute approximate surface area is 271 Å². The monoisotopic (exact) mass is 665 g/mol. The number of imide groups is 2. The first-order chi connectivity index (χ1) is 21.5. The number of aryl methyl sites for hydroxylation is 2. The Hall–Kier alpha value is -2.84.